The lowest BCUT2D eigenvalue weighted by molar-refractivity contribution is 0.109. The van der Waals surface area contributed by atoms with Crippen molar-refractivity contribution in [3.05, 3.63) is 54.1 Å². The molecule has 2 aromatic rings. The zero-order valence-corrected chi connectivity index (χ0v) is 12.3. The van der Waals surface area contributed by atoms with Gasteiger partial charge in [0.2, 0.25) is 5.88 Å². The first-order chi connectivity index (χ1) is 10.2. The maximum atomic E-state index is 5.42. The first kappa shape index (κ1) is 15.1. The van der Waals surface area contributed by atoms with Gasteiger partial charge < -0.3 is 13.9 Å². The Morgan fingerprint density at radius 2 is 2.14 bits per heavy atom. The largest absolute Gasteiger partial charge is 0.475 e. The molecule has 4 nitrogen and oxygen atoms in total. The third kappa shape index (κ3) is 4.07. The van der Waals surface area contributed by atoms with Crippen molar-refractivity contribution in [3.8, 4) is 0 Å². The number of rotatable bonds is 7. The lowest BCUT2D eigenvalue weighted by Crippen LogP contribution is -2.00. The second kappa shape index (κ2) is 7.45. The van der Waals surface area contributed by atoms with Crippen molar-refractivity contribution in [1.82, 2.24) is 0 Å². The number of methoxy groups -OCH3 is 1. The number of furan rings is 1. The molecule has 1 aromatic carbocycles. The average Bonchev–Trinajstić information content (AvgIpc) is 2.97. The minimum Gasteiger partial charge on any atom is -0.475 e. The normalized spacial score (nSPS) is 12.7. The van der Waals surface area contributed by atoms with Crippen molar-refractivity contribution in [1.29, 1.82) is 0 Å². The Morgan fingerprint density at radius 3 is 2.90 bits per heavy atom. The summed E-state index contributed by atoms with van der Waals surface area (Å²) in [6.45, 7) is 6.49. The van der Waals surface area contributed by atoms with Gasteiger partial charge in [-0.3, -0.25) is 0 Å². The van der Waals surface area contributed by atoms with E-state index in [1.54, 1.807) is 19.4 Å². The van der Waals surface area contributed by atoms with E-state index in [0.717, 1.165) is 22.1 Å². The standard InChI is InChI=1S/C17H19NO3/c1-13(4-7-17(18-2)21-11-10-19-3)15-6-5-14-8-9-20-16(14)12-15/h4-9,12H,2,10-11H2,1,3H3/b13-4+,17-7+. The smallest absolute Gasteiger partial charge is 0.212 e. The molecule has 0 unspecified atom stereocenters. The van der Waals surface area contributed by atoms with Crippen molar-refractivity contribution in [2.24, 2.45) is 4.99 Å². The van der Waals surface area contributed by atoms with Crippen LogP contribution in [0.3, 0.4) is 0 Å². The highest BCUT2D eigenvalue weighted by atomic mass is 16.5. The van der Waals surface area contributed by atoms with Crippen molar-refractivity contribution >= 4 is 23.3 Å². The molecule has 1 aromatic heterocycles. The maximum Gasteiger partial charge on any atom is 0.212 e. The highest BCUT2D eigenvalue weighted by Gasteiger charge is 2.00. The molecule has 0 aliphatic rings. The first-order valence-corrected chi connectivity index (χ1v) is 6.69. The molecule has 0 aliphatic carbocycles. The van der Waals surface area contributed by atoms with Gasteiger partial charge in [0, 0.05) is 18.6 Å². The van der Waals surface area contributed by atoms with Gasteiger partial charge in [-0.15, -0.1) is 0 Å². The molecule has 2 rings (SSSR count). The van der Waals surface area contributed by atoms with Crippen molar-refractivity contribution in [2.75, 3.05) is 20.3 Å². The van der Waals surface area contributed by atoms with Gasteiger partial charge in [-0.05, 0) is 36.9 Å². The van der Waals surface area contributed by atoms with Gasteiger partial charge >= 0.3 is 0 Å². The summed E-state index contributed by atoms with van der Waals surface area (Å²) in [5, 5.41) is 1.10. The highest BCUT2D eigenvalue weighted by molar-refractivity contribution is 5.81. The van der Waals surface area contributed by atoms with Crippen LogP contribution >= 0.6 is 0 Å². The summed E-state index contributed by atoms with van der Waals surface area (Å²) >= 11 is 0. The number of benzene rings is 1. The van der Waals surface area contributed by atoms with Crippen LogP contribution in [0.25, 0.3) is 16.5 Å². The van der Waals surface area contributed by atoms with Crippen molar-refractivity contribution in [3.63, 3.8) is 0 Å². The van der Waals surface area contributed by atoms with Gasteiger partial charge in [-0.1, -0.05) is 18.2 Å². The number of allylic oxidation sites excluding steroid dienone is 3. The predicted molar refractivity (Wildman–Crippen MR) is 85.3 cm³/mol. The van der Waals surface area contributed by atoms with Crippen LogP contribution in [0.15, 0.2) is 58.0 Å². The lowest BCUT2D eigenvalue weighted by atomic mass is 10.1. The zero-order valence-electron chi connectivity index (χ0n) is 12.3. The van der Waals surface area contributed by atoms with Crippen LogP contribution < -0.4 is 0 Å². The van der Waals surface area contributed by atoms with Crippen LogP contribution in [-0.2, 0) is 9.47 Å². The minimum absolute atomic E-state index is 0.451. The fraction of sp³-hybridized carbons (Fsp3) is 0.235. The average molecular weight is 285 g/mol. The number of hydrogen-bond acceptors (Lipinski definition) is 4. The van der Waals surface area contributed by atoms with Gasteiger partial charge in [0.1, 0.15) is 12.2 Å². The molecule has 0 saturated carbocycles. The van der Waals surface area contributed by atoms with Crippen molar-refractivity contribution in [2.45, 2.75) is 6.92 Å². The summed E-state index contributed by atoms with van der Waals surface area (Å²) in [5.41, 5.74) is 3.06. The number of nitrogens with zero attached hydrogens (tertiary/aromatic N) is 1. The lowest BCUT2D eigenvalue weighted by Gasteiger charge is -2.04. The van der Waals surface area contributed by atoms with Gasteiger partial charge in [-0.25, -0.2) is 4.99 Å². The van der Waals surface area contributed by atoms with E-state index in [2.05, 4.69) is 17.8 Å². The topological polar surface area (TPSA) is 44.0 Å². The number of fused-ring (bicyclic) bond motifs is 1. The Labute approximate surface area is 124 Å². The summed E-state index contributed by atoms with van der Waals surface area (Å²) < 4.78 is 15.8. The third-order valence-electron chi connectivity index (χ3n) is 3.08. The van der Waals surface area contributed by atoms with E-state index < -0.39 is 0 Å². The second-order valence-corrected chi connectivity index (χ2v) is 4.53. The second-order valence-electron chi connectivity index (χ2n) is 4.53. The fourth-order valence-electron chi connectivity index (χ4n) is 1.87. The summed E-state index contributed by atoms with van der Waals surface area (Å²) in [7, 11) is 1.63. The molecule has 21 heavy (non-hydrogen) atoms. The van der Waals surface area contributed by atoms with Crippen LogP contribution in [0.4, 0.5) is 0 Å². The summed E-state index contributed by atoms with van der Waals surface area (Å²) in [4.78, 5) is 3.84. The van der Waals surface area contributed by atoms with E-state index in [4.69, 9.17) is 13.9 Å². The monoisotopic (exact) mass is 285 g/mol. The molecule has 0 atom stereocenters. The van der Waals surface area contributed by atoms with Gasteiger partial charge in [0.25, 0.3) is 0 Å². The number of aliphatic imine (C=N–C) groups is 1. The summed E-state index contributed by atoms with van der Waals surface area (Å²) in [6, 6.07) is 8.06. The quantitative estimate of drug-likeness (QED) is 0.334. The molecule has 1 heterocycles. The Bertz CT molecular complexity index is 667. The number of hydrogen-bond donors (Lipinski definition) is 0. The summed E-state index contributed by atoms with van der Waals surface area (Å²) in [5.74, 6) is 0.477. The van der Waals surface area contributed by atoms with Crippen LogP contribution in [0.1, 0.15) is 12.5 Å². The third-order valence-corrected chi connectivity index (χ3v) is 3.08. The minimum atomic E-state index is 0.451. The van der Waals surface area contributed by atoms with E-state index in [9.17, 15) is 0 Å². The molecule has 0 radical (unpaired) electrons. The van der Waals surface area contributed by atoms with E-state index in [1.807, 2.05) is 31.2 Å². The maximum absolute atomic E-state index is 5.42. The SMILES string of the molecule is C=N/C(=C\C=C(/C)c1ccc2ccoc2c1)OCCOC. The van der Waals surface area contributed by atoms with E-state index in [1.165, 1.54) is 0 Å². The molecule has 4 heteroatoms. The van der Waals surface area contributed by atoms with E-state index in [0.29, 0.717) is 19.1 Å². The number of ether oxygens (including phenoxy) is 2. The molecule has 0 bridgehead atoms. The van der Waals surface area contributed by atoms with E-state index in [-0.39, 0.29) is 0 Å². The Morgan fingerprint density at radius 1 is 1.29 bits per heavy atom. The Balaban J connectivity index is 2.12. The highest BCUT2D eigenvalue weighted by Crippen LogP contribution is 2.22. The molecule has 0 saturated heterocycles. The molecule has 0 spiro atoms. The van der Waals surface area contributed by atoms with Crippen LogP contribution in [0.2, 0.25) is 0 Å². The molecule has 0 aliphatic heterocycles. The zero-order chi connectivity index (χ0) is 15.1. The Kier molecular flexibility index (Phi) is 5.35. The fourth-order valence-corrected chi connectivity index (χ4v) is 1.87. The molecule has 0 fully saturated rings. The van der Waals surface area contributed by atoms with Gasteiger partial charge in [0.05, 0.1) is 12.9 Å². The first-order valence-electron chi connectivity index (χ1n) is 6.69. The molecular weight excluding hydrogens is 266 g/mol. The van der Waals surface area contributed by atoms with Gasteiger partial charge in [-0.2, -0.15) is 0 Å². The van der Waals surface area contributed by atoms with Crippen LogP contribution in [-0.4, -0.2) is 27.0 Å². The molecule has 0 N–H and O–H groups in total. The van der Waals surface area contributed by atoms with Crippen LogP contribution in [0, 0.1) is 0 Å². The predicted octanol–water partition coefficient (Wildman–Crippen LogP) is 4.04. The van der Waals surface area contributed by atoms with E-state index >= 15 is 0 Å². The van der Waals surface area contributed by atoms with Crippen molar-refractivity contribution < 1.29 is 13.9 Å². The van der Waals surface area contributed by atoms with Gasteiger partial charge in [0.15, 0.2) is 0 Å². The molecular formula is C17H19NO3. The summed E-state index contributed by atoms with van der Waals surface area (Å²) in [6.07, 6.45) is 5.43. The Hall–Kier alpha value is -2.33. The molecule has 110 valence electrons. The molecule has 0 amide bonds. The van der Waals surface area contributed by atoms with Crippen LogP contribution in [0.5, 0.6) is 0 Å².